The van der Waals surface area contributed by atoms with Crippen molar-refractivity contribution < 1.29 is 9.59 Å². The van der Waals surface area contributed by atoms with Crippen LogP contribution in [0.4, 0.5) is 5.69 Å². The Morgan fingerprint density at radius 2 is 1.89 bits per heavy atom. The van der Waals surface area contributed by atoms with Crippen molar-refractivity contribution in [1.82, 2.24) is 15.2 Å². The highest BCUT2D eigenvalue weighted by Gasteiger charge is 2.23. The zero-order valence-corrected chi connectivity index (χ0v) is 15.9. The van der Waals surface area contributed by atoms with E-state index in [1.807, 2.05) is 11.8 Å². The maximum absolute atomic E-state index is 12.8. The molecule has 2 heterocycles. The van der Waals surface area contributed by atoms with Gasteiger partial charge in [-0.25, -0.2) is 0 Å². The standard InChI is InChI=1S/C21H26N4O2/c1-3-8-23-20(26)19-15-17(7-9-22-19)21(27)25-12-10-24(11-13-25)18-6-4-5-16(2)14-18/h4-7,9,14-15H,3,8,10-13H2,1-2H3,(H,23,26). The summed E-state index contributed by atoms with van der Waals surface area (Å²) in [5.74, 6) is -0.290. The molecule has 0 bridgehead atoms. The molecule has 0 radical (unpaired) electrons. The highest BCUT2D eigenvalue weighted by molar-refractivity contribution is 5.98. The molecule has 1 aromatic carbocycles. The number of carbonyl (C=O) groups excluding carboxylic acids is 2. The number of carbonyl (C=O) groups is 2. The second-order valence-electron chi connectivity index (χ2n) is 6.80. The van der Waals surface area contributed by atoms with Crippen molar-refractivity contribution in [1.29, 1.82) is 0 Å². The van der Waals surface area contributed by atoms with Crippen LogP contribution in [0.2, 0.25) is 0 Å². The van der Waals surface area contributed by atoms with Crippen LogP contribution in [0.3, 0.4) is 0 Å². The van der Waals surface area contributed by atoms with Crippen LogP contribution in [0, 0.1) is 6.92 Å². The van der Waals surface area contributed by atoms with E-state index in [1.54, 1.807) is 12.1 Å². The molecular weight excluding hydrogens is 340 g/mol. The fourth-order valence-corrected chi connectivity index (χ4v) is 3.19. The number of pyridine rings is 1. The van der Waals surface area contributed by atoms with Gasteiger partial charge in [0.2, 0.25) is 0 Å². The topological polar surface area (TPSA) is 65.5 Å². The van der Waals surface area contributed by atoms with Gasteiger partial charge < -0.3 is 15.1 Å². The first-order valence-corrected chi connectivity index (χ1v) is 9.43. The maximum atomic E-state index is 12.8. The molecule has 1 fully saturated rings. The molecule has 3 rings (SSSR count). The summed E-state index contributed by atoms with van der Waals surface area (Å²) in [5, 5.41) is 2.79. The van der Waals surface area contributed by atoms with Crippen molar-refractivity contribution >= 4 is 17.5 Å². The number of rotatable bonds is 5. The van der Waals surface area contributed by atoms with Crippen LogP contribution >= 0.6 is 0 Å². The van der Waals surface area contributed by atoms with Gasteiger partial charge in [-0.1, -0.05) is 19.1 Å². The summed E-state index contributed by atoms with van der Waals surface area (Å²) in [6, 6.07) is 11.7. The van der Waals surface area contributed by atoms with Gasteiger partial charge in [-0.2, -0.15) is 0 Å². The Morgan fingerprint density at radius 1 is 1.11 bits per heavy atom. The molecular formula is C21H26N4O2. The van der Waals surface area contributed by atoms with Gasteiger partial charge in [0.05, 0.1) is 0 Å². The molecule has 1 aliphatic rings. The second-order valence-corrected chi connectivity index (χ2v) is 6.80. The number of aryl methyl sites for hydroxylation is 1. The zero-order valence-electron chi connectivity index (χ0n) is 15.9. The third-order valence-corrected chi connectivity index (χ3v) is 4.71. The van der Waals surface area contributed by atoms with E-state index in [1.165, 1.54) is 17.4 Å². The number of aromatic nitrogens is 1. The minimum Gasteiger partial charge on any atom is -0.368 e. The average Bonchev–Trinajstić information content (AvgIpc) is 2.71. The van der Waals surface area contributed by atoms with Crippen LogP contribution in [0.25, 0.3) is 0 Å². The highest BCUT2D eigenvalue weighted by atomic mass is 16.2. The summed E-state index contributed by atoms with van der Waals surface area (Å²) in [6.07, 6.45) is 2.38. The number of hydrogen-bond acceptors (Lipinski definition) is 4. The lowest BCUT2D eigenvalue weighted by Crippen LogP contribution is -2.48. The Morgan fingerprint density at radius 3 is 2.59 bits per heavy atom. The molecule has 6 heteroatoms. The predicted molar refractivity (Wildman–Crippen MR) is 106 cm³/mol. The third kappa shape index (κ3) is 4.64. The van der Waals surface area contributed by atoms with Crippen LogP contribution in [-0.2, 0) is 0 Å². The first-order chi connectivity index (χ1) is 13.1. The number of piperazine rings is 1. The Balaban J connectivity index is 1.63. The van der Waals surface area contributed by atoms with Gasteiger partial charge in [0.25, 0.3) is 11.8 Å². The van der Waals surface area contributed by atoms with Gasteiger partial charge in [-0.15, -0.1) is 0 Å². The van der Waals surface area contributed by atoms with Gasteiger partial charge in [-0.05, 0) is 43.2 Å². The van der Waals surface area contributed by atoms with Crippen LogP contribution in [0.15, 0.2) is 42.6 Å². The SMILES string of the molecule is CCCNC(=O)c1cc(C(=O)N2CCN(c3cccc(C)c3)CC2)ccn1. The van der Waals surface area contributed by atoms with Gasteiger partial charge in [0.15, 0.2) is 0 Å². The van der Waals surface area contributed by atoms with E-state index in [-0.39, 0.29) is 17.5 Å². The van der Waals surface area contributed by atoms with Gasteiger partial charge in [0, 0.05) is 50.2 Å². The first kappa shape index (κ1) is 18.9. The lowest BCUT2D eigenvalue weighted by molar-refractivity contribution is 0.0746. The number of nitrogens with one attached hydrogen (secondary N) is 1. The predicted octanol–water partition coefficient (Wildman–Crippen LogP) is 2.49. The summed E-state index contributed by atoms with van der Waals surface area (Å²) in [4.78, 5) is 33.1. The summed E-state index contributed by atoms with van der Waals surface area (Å²) in [6.45, 7) is 7.58. The number of anilines is 1. The van der Waals surface area contributed by atoms with Gasteiger partial charge in [-0.3, -0.25) is 14.6 Å². The van der Waals surface area contributed by atoms with Crippen LogP contribution in [0.5, 0.6) is 0 Å². The normalized spacial score (nSPS) is 14.1. The minimum atomic E-state index is -0.240. The molecule has 1 saturated heterocycles. The molecule has 0 atom stereocenters. The Hall–Kier alpha value is -2.89. The maximum Gasteiger partial charge on any atom is 0.269 e. The van der Waals surface area contributed by atoms with Crippen LogP contribution in [0.1, 0.15) is 39.8 Å². The molecule has 1 aromatic heterocycles. The van der Waals surface area contributed by atoms with E-state index >= 15 is 0 Å². The number of hydrogen-bond donors (Lipinski definition) is 1. The van der Waals surface area contributed by atoms with E-state index in [4.69, 9.17) is 0 Å². The van der Waals surface area contributed by atoms with E-state index < -0.39 is 0 Å². The lowest BCUT2D eigenvalue weighted by Gasteiger charge is -2.36. The summed E-state index contributed by atoms with van der Waals surface area (Å²) >= 11 is 0. The fraction of sp³-hybridized carbons (Fsp3) is 0.381. The van der Waals surface area contributed by atoms with Crippen molar-refractivity contribution in [2.24, 2.45) is 0 Å². The monoisotopic (exact) mass is 366 g/mol. The lowest BCUT2D eigenvalue weighted by atomic mass is 10.1. The Kier molecular flexibility index (Phi) is 6.06. The molecule has 2 aromatic rings. The molecule has 1 aliphatic heterocycles. The molecule has 6 nitrogen and oxygen atoms in total. The molecule has 27 heavy (non-hydrogen) atoms. The van der Waals surface area contributed by atoms with Crippen molar-refractivity contribution in [3.8, 4) is 0 Å². The van der Waals surface area contributed by atoms with E-state index in [0.29, 0.717) is 25.2 Å². The zero-order chi connectivity index (χ0) is 19.2. The Bertz CT molecular complexity index is 813. The first-order valence-electron chi connectivity index (χ1n) is 9.43. The number of benzene rings is 1. The van der Waals surface area contributed by atoms with E-state index in [9.17, 15) is 9.59 Å². The molecule has 2 amide bonds. The molecule has 142 valence electrons. The van der Waals surface area contributed by atoms with Crippen LogP contribution in [-0.4, -0.2) is 54.4 Å². The quantitative estimate of drug-likeness (QED) is 0.883. The van der Waals surface area contributed by atoms with Crippen molar-refractivity contribution in [2.45, 2.75) is 20.3 Å². The minimum absolute atomic E-state index is 0.0502. The van der Waals surface area contributed by atoms with Gasteiger partial charge >= 0.3 is 0 Å². The van der Waals surface area contributed by atoms with Crippen LogP contribution < -0.4 is 10.2 Å². The molecule has 0 unspecified atom stereocenters. The molecule has 0 aliphatic carbocycles. The fourth-order valence-electron chi connectivity index (χ4n) is 3.19. The van der Waals surface area contributed by atoms with E-state index in [2.05, 4.69) is 46.4 Å². The molecule has 0 spiro atoms. The smallest absolute Gasteiger partial charge is 0.269 e. The third-order valence-electron chi connectivity index (χ3n) is 4.71. The second kappa shape index (κ2) is 8.66. The average molecular weight is 366 g/mol. The van der Waals surface area contributed by atoms with Crippen molar-refractivity contribution in [2.75, 3.05) is 37.6 Å². The molecule has 1 N–H and O–H groups in total. The molecule has 0 saturated carbocycles. The summed E-state index contributed by atoms with van der Waals surface area (Å²) < 4.78 is 0. The highest BCUT2D eigenvalue weighted by Crippen LogP contribution is 2.18. The van der Waals surface area contributed by atoms with E-state index in [0.717, 1.165) is 19.5 Å². The van der Waals surface area contributed by atoms with Gasteiger partial charge in [0.1, 0.15) is 5.69 Å². The van der Waals surface area contributed by atoms with Crippen molar-refractivity contribution in [3.05, 3.63) is 59.4 Å². The summed E-state index contributed by atoms with van der Waals surface area (Å²) in [7, 11) is 0. The largest absolute Gasteiger partial charge is 0.368 e. The number of nitrogens with zero attached hydrogens (tertiary/aromatic N) is 3. The number of amides is 2. The summed E-state index contributed by atoms with van der Waals surface area (Å²) in [5.41, 5.74) is 3.22. The van der Waals surface area contributed by atoms with Crippen molar-refractivity contribution in [3.63, 3.8) is 0 Å². The Labute approximate surface area is 160 Å².